The molecule has 2 N–H and O–H groups in total. The second-order valence-corrected chi connectivity index (χ2v) is 3.87. The number of aromatic amines is 2. The molecule has 5 heteroatoms. The van der Waals surface area contributed by atoms with E-state index in [1.54, 1.807) is 12.5 Å². The molecule has 5 nitrogen and oxygen atoms in total. The van der Waals surface area contributed by atoms with E-state index in [4.69, 9.17) is 0 Å². The summed E-state index contributed by atoms with van der Waals surface area (Å²) in [6.45, 7) is 0. The fraction of sp³-hybridized carbons (Fsp3) is 0. The largest absolute Gasteiger partial charge is 0.338 e. The van der Waals surface area contributed by atoms with Gasteiger partial charge in [0.2, 0.25) is 0 Å². The van der Waals surface area contributed by atoms with Crippen LogP contribution in [-0.2, 0) is 0 Å². The minimum Gasteiger partial charge on any atom is -0.338 e. The molecule has 0 aliphatic heterocycles. The average Bonchev–Trinajstić information content (AvgIpc) is 2.73. The predicted molar refractivity (Wildman–Crippen MR) is 63.3 cm³/mol. The first kappa shape index (κ1) is 8.58. The number of nitrogens with zero attached hydrogens (tertiary/aromatic N) is 3. The molecular formula is C12H8N5+. The lowest BCUT2D eigenvalue weighted by molar-refractivity contribution is -0.380. The summed E-state index contributed by atoms with van der Waals surface area (Å²) in [4.78, 5) is 19.4. The number of hydrogen-bond donors (Lipinski definition) is 1. The molecule has 3 aromatic heterocycles. The van der Waals surface area contributed by atoms with Gasteiger partial charge in [-0.1, -0.05) is 18.2 Å². The normalized spacial score (nSPS) is 11.5. The minimum absolute atomic E-state index is 0.654. The Morgan fingerprint density at radius 3 is 3.06 bits per heavy atom. The van der Waals surface area contributed by atoms with E-state index in [2.05, 4.69) is 24.9 Å². The van der Waals surface area contributed by atoms with Crippen molar-refractivity contribution in [3.8, 4) is 0 Å². The highest BCUT2D eigenvalue weighted by Crippen LogP contribution is 2.23. The van der Waals surface area contributed by atoms with Crippen molar-refractivity contribution < 1.29 is 4.98 Å². The molecule has 0 aliphatic rings. The molecule has 0 saturated heterocycles. The molecular weight excluding hydrogens is 214 g/mol. The van der Waals surface area contributed by atoms with Crippen molar-refractivity contribution >= 4 is 33.2 Å². The van der Waals surface area contributed by atoms with Crippen LogP contribution in [-0.4, -0.2) is 19.9 Å². The second-order valence-electron chi connectivity index (χ2n) is 3.87. The summed E-state index contributed by atoms with van der Waals surface area (Å²) in [6, 6.07) is 8.03. The van der Waals surface area contributed by atoms with Crippen LogP contribution in [0.2, 0.25) is 0 Å². The lowest BCUT2D eigenvalue weighted by atomic mass is 10.2. The Balaban J connectivity index is 2.28. The third-order valence-electron chi connectivity index (χ3n) is 2.82. The Labute approximate surface area is 95.6 Å². The minimum atomic E-state index is 0.654. The van der Waals surface area contributed by atoms with Crippen molar-refractivity contribution in [2.24, 2.45) is 0 Å². The number of fused-ring (bicyclic) bond motifs is 4. The first-order chi connectivity index (χ1) is 8.42. The average molecular weight is 222 g/mol. The number of H-pyrrole nitrogens is 2. The predicted octanol–water partition coefficient (Wildman–Crippen LogP) is 1.47. The number of hydrogen-bond acceptors (Lipinski definition) is 3. The maximum atomic E-state index is 4.54. The van der Waals surface area contributed by atoms with Crippen molar-refractivity contribution in [3.05, 3.63) is 36.8 Å². The zero-order chi connectivity index (χ0) is 11.2. The SMILES string of the molecule is c1ccc2c(c1)[nH]c1nc3c[nH+]cnc3nc12. The first-order valence-corrected chi connectivity index (χ1v) is 5.32. The molecule has 0 bridgehead atoms. The number of aromatic nitrogens is 5. The Hall–Kier alpha value is -2.56. The van der Waals surface area contributed by atoms with Gasteiger partial charge in [0.15, 0.2) is 11.2 Å². The van der Waals surface area contributed by atoms with Crippen LogP contribution in [0.1, 0.15) is 0 Å². The van der Waals surface area contributed by atoms with Gasteiger partial charge in [0.1, 0.15) is 11.7 Å². The van der Waals surface area contributed by atoms with E-state index < -0.39 is 0 Å². The van der Waals surface area contributed by atoms with Gasteiger partial charge in [-0.25, -0.2) is 9.97 Å². The lowest BCUT2D eigenvalue weighted by Gasteiger charge is -1.90. The zero-order valence-corrected chi connectivity index (χ0v) is 8.81. The maximum Gasteiger partial charge on any atom is 0.296 e. The summed E-state index contributed by atoms with van der Waals surface area (Å²) in [6.07, 6.45) is 3.40. The summed E-state index contributed by atoms with van der Waals surface area (Å²) in [5.74, 6) is 0. The van der Waals surface area contributed by atoms with Crippen LogP contribution in [0.25, 0.3) is 33.2 Å². The van der Waals surface area contributed by atoms with Gasteiger partial charge in [-0.3, -0.25) is 0 Å². The fourth-order valence-electron chi connectivity index (χ4n) is 2.05. The van der Waals surface area contributed by atoms with E-state index in [0.29, 0.717) is 5.65 Å². The molecule has 17 heavy (non-hydrogen) atoms. The Bertz CT molecular complexity index is 843. The number of rotatable bonds is 0. The first-order valence-electron chi connectivity index (χ1n) is 5.32. The van der Waals surface area contributed by atoms with Crippen molar-refractivity contribution in [2.75, 3.05) is 0 Å². The van der Waals surface area contributed by atoms with Crippen molar-refractivity contribution in [1.29, 1.82) is 0 Å². The third kappa shape index (κ3) is 1.13. The van der Waals surface area contributed by atoms with Gasteiger partial charge in [-0.05, 0) is 11.1 Å². The van der Waals surface area contributed by atoms with Crippen LogP contribution in [0.4, 0.5) is 0 Å². The molecule has 80 valence electrons. The molecule has 0 amide bonds. The Morgan fingerprint density at radius 1 is 1.12 bits per heavy atom. The van der Waals surface area contributed by atoms with Gasteiger partial charge in [0, 0.05) is 10.9 Å². The zero-order valence-electron chi connectivity index (χ0n) is 8.81. The molecule has 0 saturated carbocycles. The number of benzene rings is 1. The van der Waals surface area contributed by atoms with Crippen molar-refractivity contribution in [2.45, 2.75) is 0 Å². The van der Waals surface area contributed by atoms with Gasteiger partial charge < -0.3 is 4.98 Å². The van der Waals surface area contributed by atoms with Gasteiger partial charge >= 0.3 is 0 Å². The van der Waals surface area contributed by atoms with Crippen LogP contribution in [0, 0.1) is 0 Å². The Kier molecular flexibility index (Phi) is 1.50. The second kappa shape index (κ2) is 2.98. The molecule has 0 atom stereocenters. The third-order valence-corrected chi connectivity index (χ3v) is 2.82. The number of nitrogens with one attached hydrogen (secondary N) is 2. The summed E-state index contributed by atoms with van der Waals surface area (Å²) in [7, 11) is 0. The lowest BCUT2D eigenvalue weighted by Crippen LogP contribution is -2.02. The van der Waals surface area contributed by atoms with Crippen molar-refractivity contribution in [1.82, 2.24) is 19.9 Å². The number of para-hydroxylation sites is 1. The molecule has 4 aromatic rings. The van der Waals surface area contributed by atoms with Crippen LogP contribution in [0.3, 0.4) is 0 Å². The molecule has 0 unspecified atom stereocenters. The summed E-state index contributed by atoms with van der Waals surface area (Å²) in [5, 5.41) is 1.08. The Morgan fingerprint density at radius 2 is 2.06 bits per heavy atom. The van der Waals surface area contributed by atoms with Crippen LogP contribution >= 0.6 is 0 Å². The monoisotopic (exact) mass is 222 g/mol. The van der Waals surface area contributed by atoms with E-state index in [9.17, 15) is 0 Å². The van der Waals surface area contributed by atoms with Gasteiger partial charge in [0.05, 0.1) is 0 Å². The molecule has 1 aromatic carbocycles. The molecule has 0 radical (unpaired) electrons. The quantitative estimate of drug-likeness (QED) is 0.490. The van der Waals surface area contributed by atoms with E-state index in [1.807, 2.05) is 24.3 Å². The highest BCUT2D eigenvalue weighted by molar-refractivity contribution is 6.05. The van der Waals surface area contributed by atoms with Crippen molar-refractivity contribution in [3.63, 3.8) is 0 Å². The molecule has 0 aliphatic carbocycles. The standard InChI is InChI=1S/C12H7N5/c1-2-4-8-7(3-1)10-12(15-8)16-9-5-13-6-14-11(9)17-10/h1-6H,(H,15,16)/p+1. The van der Waals surface area contributed by atoms with Crippen LogP contribution in [0.15, 0.2) is 36.8 Å². The highest BCUT2D eigenvalue weighted by atomic mass is 15.0. The van der Waals surface area contributed by atoms with E-state index in [1.165, 1.54) is 0 Å². The highest BCUT2D eigenvalue weighted by Gasteiger charge is 2.11. The maximum absolute atomic E-state index is 4.54. The fourth-order valence-corrected chi connectivity index (χ4v) is 2.05. The molecule has 0 fully saturated rings. The molecule has 3 heterocycles. The van der Waals surface area contributed by atoms with Crippen LogP contribution < -0.4 is 4.98 Å². The summed E-state index contributed by atoms with van der Waals surface area (Å²) >= 11 is 0. The van der Waals surface area contributed by atoms with E-state index in [-0.39, 0.29) is 0 Å². The van der Waals surface area contributed by atoms with Gasteiger partial charge in [-0.15, -0.1) is 0 Å². The summed E-state index contributed by atoms with van der Waals surface area (Å²) in [5.41, 5.74) is 4.11. The smallest absolute Gasteiger partial charge is 0.296 e. The van der Waals surface area contributed by atoms with Gasteiger partial charge in [0.25, 0.3) is 12.0 Å². The topological polar surface area (TPSA) is 68.6 Å². The molecule has 4 rings (SSSR count). The summed E-state index contributed by atoms with van der Waals surface area (Å²) < 4.78 is 0. The van der Waals surface area contributed by atoms with E-state index >= 15 is 0 Å². The van der Waals surface area contributed by atoms with Gasteiger partial charge in [-0.2, -0.15) is 4.98 Å². The van der Waals surface area contributed by atoms with E-state index in [0.717, 1.165) is 27.6 Å². The van der Waals surface area contributed by atoms with Crippen LogP contribution in [0.5, 0.6) is 0 Å². The molecule has 0 spiro atoms.